The van der Waals surface area contributed by atoms with Crippen LogP contribution in [0.4, 0.5) is 5.82 Å². The molecule has 27 heavy (non-hydrogen) atoms. The third-order valence-corrected chi connectivity index (χ3v) is 6.53. The Labute approximate surface area is 162 Å². The number of hydrogen-bond donors (Lipinski definition) is 0. The average molecular weight is 405 g/mol. The summed E-state index contributed by atoms with van der Waals surface area (Å²) in [7, 11) is -3.56. The molecule has 0 spiro atoms. The van der Waals surface area contributed by atoms with Gasteiger partial charge in [0, 0.05) is 49.7 Å². The van der Waals surface area contributed by atoms with E-state index in [0.29, 0.717) is 37.0 Å². The van der Waals surface area contributed by atoms with Gasteiger partial charge in [-0.25, -0.2) is 23.4 Å². The summed E-state index contributed by atoms with van der Waals surface area (Å²) >= 11 is 5.94. The highest BCUT2D eigenvalue weighted by molar-refractivity contribution is 7.89. The van der Waals surface area contributed by atoms with Gasteiger partial charge in [0.2, 0.25) is 10.0 Å². The van der Waals surface area contributed by atoms with Gasteiger partial charge in [0.05, 0.1) is 4.90 Å². The fourth-order valence-corrected chi connectivity index (χ4v) is 4.70. The lowest BCUT2D eigenvalue weighted by Crippen LogP contribution is -2.48. The van der Waals surface area contributed by atoms with Gasteiger partial charge in [-0.2, -0.15) is 4.31 Å². The van der Waals surface area contributed by atoms with E-state index in [-0.39, 0.29) is 4.90 Å². The number of hydrogen-bond acceptors (Lipinski definition) is 6. The fourth-order valence-electron chi connectivity index (χ4n) is 2.98. The van der Waals surface area contributed by atoms with E-state index in [1.54, 1.807) is 35.3 Å². The van der Waals surface area contributed by atoms with Gasteiger partial charge in [-0.05, 0) is 18.2 Å². The lowest BCUT2D eigenvalue weighted by Gasteiger charge is -2.34. The number of sulfonamides is 1. The zero-order valence-electron chi connectivity index (χ0n) is 14.3. The number of imidazole rings is 1. The Balaban J connectivity index is 1.49. The first kappa shape index (κ1) is 17.9. The molecule has 0 amide bonds. The molecule has 3 aromatic rings. The van der Waals surface area contributed by atoms with Crippen molar-refractivity contribution in [3.05, 3.63) is 60.4 Å². The highest BCUT2D eigenvalue weighted by atomic mass is 35.5. The Bertz CT molecular complexity index is 1030. The van der Waals surface area contributed by atoms with Crippen LogP contribution in [0, 0.1) is 0 Å². The molecule has 10 heteroatoms. The number of piperazine rings is 1. The van der Waals surface area contributed by atoms with Crippen LogP contribution in [0.15, 0.2) is 60.3 Å². The third kappa shape index (κ3) is 3.66. The summed E-state index contributed by atoms with van der Waals surface area (Å²) in [6, 6.07) is 8.21. The van der Waals surface area contributed by atoms with Crippen molar-refractivity contribution in [3.63, 3.8) is 0 Å². The van der Waals surface area contributed by atoms with Crippen molar-refractivity contribution in [2.75, 3.05) is 31.1 Å². The first-order valence-electron chi connectivity index (χ1n) is 8.35. The molecule has 2 aromatic heterocycles. The van der Waals surface area contributed by atoms with Crippen molar-refractivity contribution >= 4 is 27.4 Å². The van der Waals surface area contributed by atoms with Crippen LogP contribution in [-0.4, -0.2) is 58.4 Å². The molecule has 0 radical (unpaired) electrons. The molecule has 1 saturated heterocycles. The SMILES string of the molecule is O=S(=O)(c1cccc(Cl)c1)N1CCN(c2cc(-n3ccnc3)ncn2)CC1. The van der Waals surface area contributed by atoms with E-state index < -0.39 is 10.0 Å². The second kappa shape index (κ2) is 7.26. The minimum Gasteiger partial charge on any atom is -0.354 e. The van der Waals surface area contributed by atoms with Gasteiger partial charge in [-0.15, -0.1) is 0 Å². The number of anilines is 1. The van der Waals surface area contributed by atoms with Crippen molar-refractivity contribution in [1.82, 2.24) is 23.8 Å². The monoisotopic (exact) mass is 404 g/mol. The molecule has 1 fully saturated rings. The molecular formula is C17H17ClN6O2S. The van der Waals surface area contributed by atoms with E-state index in [1.807, 2.05) is 17.2 Å². The van der Waals surface area contributed by atoms with Crippen molar-refractivity contribution in [3.8, 4) is 5.82 Å². The highest BCUT2D eigenvalue weighted by Crippen LogP contribution is 2.22. The highest BCUT2D eigenvalue weighted by Gasteiger charge is 2.29. The first-order chi connectivity index (χ1) is 13.0. The molecule has 1 aliphatic rings. The largest absolute Gasteiger partial charge is 0.354 e. The molecule has 140 valence electrons. The Morgan fingerprint density at radius 1 is 1.00 bits per heavy atom. The molecule has 0 bridgehead atoms. The number of nitrogens with zero attached hydrogens (tertiary/aromatic N) is 6. The van der Waals surface area contributed by atoms with Gasteiger partial charge < -0.3 is 4.90 Å². The third-order valence-electron chi connectivity index (χ3n) is 4.40. The van der Waals surface area contributed by atoms with Crippen LogP contribution in [0.5, 0.6) is 0 Å². The number of rotatable bonds is 4. The summed E-state index contributed by atoms with van der Waals surface area (Å²) in [5.41, 5.74) is 0. The second-order valence-electron chi connectivity index (χ2n) is 6.05. The van der Waals surface area contributed by atoms with E-state index in [9.17, 15) is 8.42 Å². The van der Waals surface area contributed by atoms with Crippen LogP contribution in [-0.2, 0) is 10.0 Å². The quantitative estimate of drug-likeness (QED) is 0.659. The fraction of sp³-hybridized carbons (Fsp3) is 0.235. The zero-order valence-corrected chi connectivity index (χ0v) is 15.9. The summed E-state index contributed by atoms with van der Waals surface area (Å²) in [5, 5.41) is 0.405. The molecule has 0 atom stereocenters. The van der Waals surface area contributed by atoms with Gasteiger partial charge in [0.1, 0.15) is 24.3 Å². The summed E-state index contributed by atoms with van der Waals surface area (Å²) in [5.74, 6) is 1.47. The van der Waals surface area contributed by atoms with Crippen LogP contribution in [0.2, 0.25) is 5.02 Å². The molecule has 3 heterocycles. The lowest BCUT2D eigenvalue weighted by atomic mass is 10.3. The first-order valence-corrected chi connectivity index (χ1v) is 10.2. The lowest BCUT2D eigenvalue weighted by molar-refractivity contribution is 0.383. The van der Waals surface area contributed by atoms with E-state index in [0.717, 1.165) is 5.82 Å². The average Bonchev–Trinajstić information content (AvgIpc) is 3.23. The maximum Gasteiger partial charge on any atom is 0.243 e. The maximum absolute atomic E-state index is 12.8. The van der Waals surface area contributed by atoms with Crippen LogP contribution >= 0.6 is 11.6 Å². The molecular weight excluding hydrogens is 388 g/mol. The van der Waals surface area contributed by atoms with Crippen LogP contribution in [0.3, 0.4) is 0 Å². The molecule has 0 aliphatic carbocycles. The predicted octanol–water partition coefficient (Wildman–Crippen LogP) is 1.83. The molecule has 0 saturated carbocycles. The van der Waals surface area contributed by atoms with Crippen LogP contribution < -0.4 is 4.90 Å². The van der Waals surface area contributed by atoms with E-state index in [1.165, 1.54) is 16.7 Å². The summed E-state index contributed by atoms with van der Waals surface area (Å²) in [6.45, 7) is 1.83. The van der Waals surface area contributed by atoms with Crippen molar-refractivity contribution in [2.24, 2.45) is 0 Å². The minimum atomic E-state index is -3.56. The Kier molecular flexibility index (Phi) is 4.81. The zero-order chi connectivity index (χ0) is 18.9. The molecule has 0 N–H and O–H groups in total. The number of halogens is 1. The van der Waals surface area contributed by atoms with E-state index in [4.69, 9.17) is 11.6 Å². The van der Waals surface area contributed by atoms with Gasteiger partial charge in [-0.1, -0.05) is 17.7 Å². The number of aromatic nitrogens is 4. The van der Waals surface area contributed by atoms with Gasteiger partial charge in [-0.3, -0.25) is 4.57 Å². The Morgan fingerprint density at radius 2 is 1.78 bits per heavy atom. The Hall–Kier alpha value is -2.49. The smallest absolute Gasteiger partial charge is 0.243 e. The normalized spacial score (nSPS) is 15.8. The van der Waals surface area contributed by atoms with Crippen LogP contribution in [0.1, 0.15) is 0 Å². The van der Waals surface area contributed by atoms with Crippen LogP contribution in [0.25, 0.3) is 5.82 Å². The second-order valence-corrected chi connectivity index (χ2v) is 8.43. The van der Waals surface area contributed by atoms with Crippen molar-refractivity contribution < 1.29 is 8.42 Å². The molecule has 4 rings (SSSR count). The van der Waals surface area contributed by atoms with E-state index in [2.05, 4.69) is 15.0 Å². The van der Waals surface area contributed by atoms with Crippen molar-refractivity contribution in [2.45, 2.75) is 4.90 Å². The Morgan fingerprint density at radius 3 is 2.48 bits per heavy atom. The van der Waals surface area contributed by atoms with Crippen molar-refractivity contribution in [1.29, 1.82) is 0 Å². The molecule has 1 aromatic carbocycles. The van der Waals surface area contributed by atoms with Gasteiger partial charge in [0.15, 0.2) is 0 Å². The topological polar surface area (TPSA) is 84.2 Å². The number of benzene rings is 1. The maximum atomic E-state index is 12.8. The standard InChI is InChI=1S/C17H17ClN6O2S/c18-14-2-1-3-15(10-14)27(25,26)24-8-6-22(7-9-24)16-11-17(21-12-20-16)23-5-4-19-13-23/h1-5,10-13H,6-9H2. The summed E-state index contributed by atoms with van der Waals surface area (Å²) in [6.07, 6.45) is 6.66. The van der Waals surface area contributed by atoms with E-state index >= 15 is 0 Å². The molecule has 0 unspecified atom stereocenters. The van der Waals surface area contributed by atoms with Gasteiger partial charge in [0.25, 0.3) is 0 Å². The minimum absolute atomic E-state index is 0.216. The predicted molar refractivity (Wildman–Crippen MR) is 102 cm³/mol. The van der Waals surface area contributed by atoms with Gasteiger partial charge >= 0.3 is 0 Å². The summed E-state index contributed by atoms with van der Waals surface area (Å²) < 4.78 is 28.9. The summed E-state index contributed by atoms with van der Waals surface area (Å²) in [4.78, 5) is 14.9. The molecule has 8 nitrogen and oxygen atoms in total. The molecule has 1 aliphatic heterocycles.